The summed E-state index contributed by atoms with van der Waals surface area (Å²) in [5, 5.41) is 4.30. The van der Waals surface area contributed by atoms with Crippen molar-refractivity contribution >= 4 is 60.9 Å². The van der Waals surface area contributed by atoms with Crippen LogP contribution < -0.4 is 4.90 Å². The van der Waals surface area contributed by atoms with Crippen molar-refractivity contribution in [1.29, 1.82) is 0 Å². The maximum atomic E-state index is 6.87. The average molecular weight is 654 g/mol. The molecule has 0 bridgehead atoms. The van der Waals surface area contributed by atoms with E-state index in [4.69, 9.17) is 8.83 Å². The third kappa shape index (κ3) is 4.90. The molecule has 0 saturated carbocycles. The molecule has 0 atom stereocenters. The Labute approximate surface area is 295 Å². The number of nitrogens with zero attached hydrogens (tertiary/aromatic N) is 1. The van der Waals surface area contributed by atoms with E-state index in [1.165, 1.54) is 11.1 Å². The zero-order valence-corrected chi connectivity index (χ0v) is 27.7. The Morgan fingerprint density at radius 2 is 0.843 bits per heavy atom. The van der Waals surface area contributed by atoms with E-state index < -0.39 is 0 Å². The summed E-state index contributed by atoms with van der Waals surface area (Å²) in [6.07, 6.45) is 0. The van der Waals surface area contributed by atoms with Gasteiger partial charge in [0.1, 0.15) is 22.3 Å². The van der Waals surface area contributed by atoms with Crippen LogP contribution in [-0.2, 0) is 0 Å². The maximum Gasteiger partial charge on any atom is 0.145 e. The van der Waals surface area contributed by atoms with Crippen molar-refractivity contribution in [1.82, 2.24) is 0 Å². The van der Waals surface area contributed by atoms with Crippen LogP contribution in [0.4, 0.5) is 17.1 Å². The van der Waals surface area contributed by atoms with Crippen molar-refractivity contribution in [2.75, 3.05) is 4.90 Å². The molecule has 0 aliphatic rings. The van der Waals surface area contributed by atoms with E-state index in [9.17, 15) is 0 Å². The van der Waals surface area contributed by atoms with E-state index in [1.54, 1.807) is 0 Å². The number of fused-ring (bicyclic) bond motifs is 6. The molecule has 51 heavy (non-hydrogen) atoms. The second kappa shape index (κ2) is 11.9. The monoisotopic (exact) mass is 653 g/mol. The molecule has 0 saturated heterocycles. The predicted octanol–water partition coefficient (Wildman–Crippen LogP) is 14.0. The molecule has 10 rings (SSSR count). The van der Waals surface area contributed by atoms with Crippen LogP contribution in [0.2, 0.25) is 0 Å². The second-order valence-electron chi connectivity index (χ2n) is 12.9. The standard InChI is InChI=1S/C48H31NO2/c1-3-14-32(15-4-1)34-18-11-20-36(30-34)49(37-21-12-19-35(31-37)33-16-5-2-6-17-33)42-29-28-39(48-47(42)41-23-8-10-26-44(41)51-48)38-24-13-27-45-46(38)40-22-7-9-25-43(40)50-45/h1-31H. The normalized spacial score (nSPS) is 11.5. The Kier molecular flexibility index (Phi) is 6.81. The first-order valence-electron chi connectivity index (χ1n) is 17.3. The van der Waals surface area contributed by atoms with E-state index >= 15 is 0 Å². The molecule has 2 aromatic heterocycles. The zero-order chi connectivity index (χ0) is 33.7. The first-order chi connectivity index (χ1) is 25.3. The summed E-state index contributed by atoms with van der Waals surface area (Å²) in [5.74, 6) is 0. The lowest BCUT2D eigenvalue weighted by molar-refractivity contribution is 0.668. The molecule has 0 spiro atoms. The van der Waals surface area contributed by atoms with Gasteiger partial charge in [0, 0.05) is 33.1 Å². The predicted molar refractivity (Wildman–Crippen MR) is 212 cm³/mol. The zero-order valence-electron chi connectivity index (χ0n) is 27.7. The number of anilines is 3. The van der Waals surface area contributed by atoms with Crippen LogP contribution in [0.1, 0.15) is 0 Å². The highest BCUT2D eigenvalue weighted by atomic mass is 16.3. The van der Waals surface area contributed by atoms with Crippen molar-refractivity contribution in [3.8, 4) is 33.4 Å². The smallest absolute Gasteiger partial charge is 0.145 e. The Morgan fingerprint density at radius 1 is 0.333 bits per heavy atom. The molecule has 0 fully saturated rings. The van der Waals surface area contributed by atoms with Crippen LogP contribution >= 0.6 is 0 Å². The van der Waals surface area contributed by atoms with Gasteiger partial charge in [0.05, 0.1) is 11.1 Å². The molecular weight excluding hydrogens is 623 g/mol. The lowest BCUT2D eigenvalue weighted by Gasteiger charge is -2.27. The highest BCUT2D eigenvalue weighted by Crippen LogP contribution is 2.48. The summed E-state index contributed by atoms with van der Waals surface area (Å²) in [4.78, 5) is 2.38. The Balaban J connectivity index is 1.26. The first kappa shape index (κ1) is 29.1. The fourth-order valence-corrected chi connectivity index (χ4v) is 7.55. The van der Waals surface area contributed by atoms with Crippen LogP contribution in [-0.4, -0.2) is 0 Å². The van der Waals surface area contributed by atoms with Crippen LogP contribution in [0, 0.1) is 0 Å². The van der Waals surface area contributed by atoms with Gasteiger partial charge in [-0.3, -0.25) is 0 Å². The van der Waals surface area contributed by atoms with Crippen molar-refractivity contribution in [2.45, 2.75) is 0 Å². The number of benzene rings is 8. The van der Waals surface area contributed by atoms with Crippen LogP contribution in [0.15, 0.2) is 197 Å². The molecule has 0 amide bonds. The molecule has 0 radical (unpaired) electrons. The number of rotatable bonds is 6. The van der Waals surface area contributed by atoms with E-state index in [1.807, 2.05) is 24.3 Å². The van der Waals surface area contributed by atoms with Gasteiger partial charge in [-0.25, -0.2) is 0 Å². The summed E-state index contributed by atoms with van der Waals surface area (Å²) in [7, 11) is 0. The SMILES string of the molecule is c1ccc(-c2cccc(N(c3cccc(-c4ccccc4)c3)c3ccc(-c4cccc5oc6ccccc6c45)c4oc5ccccc5c34)c2)cc1. The van der Waals surface area contributed by atoms with Gasteiger partial charge in [-0.1, -0.05) is 133 Å². The van der Waals surface area contributed by atoms with E-state index in [2.05, 4.69) is 169 Å². The highest BCUT2D eigenvalue weighted by Gasteiger charge is 2.24. The van der Waals surface area contributed by atoms with Gasteiger partial charge in [0.25, 0.3) is 0 Å². The average Bonchev–Trinajstić information content (AvgIpc) is 3.79. The van der Waals surface area contributed by atoms with Crippen molar-refractivity contribution in [3.63, 3.8) is 0 Å². The number of hydrogen-bond donors (Lipinski definition) is 0. The second-order valence-corrected chi connectivity index (χ2v) is 12.9. The lowest BCUT2D eigenvalue weighted by atomic mass is 9.96. The molecule has 0 aliphatic carbocycles. The molecule has 8 aromatic carbocycles. The summed E-state index contributed by atoms with van der Waals surface area (Å²) >= 11 is 0. The van der Waals surface area contributed by atoms with Crippen molar-refractivity contribution in [3.05, 3.63) is 188 Å². The van der Waals surface area contributed by atoms with Crippen LogP contribution in [0.5, 0.6) is 0 Å². The molecule has 2 heterocycles. The largest absolute Gasteiger partial charge is 0.456 e. The maximum absolute atomic E-state index is 6.87. The molecule has 0 N–H and O–H groups in total. The fourth-order valence-electron chi connectivity index (χ4n) is 7.55. The minimum atomic E-state index is 0.843. The molecule has 10 aromatic rings. The van der Waals surface area contributed by atoms with Crippen molar-refractivity contribution in [2.24, 2.45) is 0 Å². The number of para-hydroxylation sites is 2. The van der Waals surface area contributed by atoms with E-state index in [0.717, 1.165) is 83.2 Å². The van der Waals surface area contributed by atoms with Crippen LogP contribution in [0.3, 0.4) is 0 Å². The van der Waals surface area contributed by atoms with E-state index in [-0.39, 0.29) is 0 Å². The minimum absolute atomic E-state index is 0.843. The molecular formula is C48H31NO2. The summed E-state index contributed by atoms with van der Waals surface area (Å²) in [6.45, 7) is 0. The van der Waals surface area contributed by atoms with Crippen molar-refractivity contribution < 1.29 is 8.83 Å². The molecule has 0 aliphatic heterocycles. The first-order valence-corrected chi connectivity index (χ1v) is 17.3. The Morgan fingerprint density at radius 3 is 1.49 bits per heavy atom. The van der Waals surface area contributed by atoms with E-state index in [0.29, 0.717) is 0 Å². The quantitative estimate of drug-likeness (QED) is 0.179. The van der Waals surface area contributed by atoms with Gasteiger partial charge >= 0.3 is 0 Å². The Bertz CT molecular complexity index is 2780. The highest BCUT2D eigenvalue weighted by molar-refractivity contribution is 6.20. The number of hydrogen-bond acceptors (Lipinski definition) is 3. The third-order valence-corrected chi connectivity index (χ3v) is 9.86. The summed E-state index contributed by atoms with van der Waals surface area (Å²) < 4.78 is 13.2. The summed E-state index contributed by atoms with van der Waals surface area (Å²) in [5.41, 5.74) is 13.3. The number of furan rings is 2. The topological polar surface area (TPSA) is 29.5 Å². The van der Waals surface area contributed by atoms with Gasteiger partial charge in [0.2, 0.25) is 0 Å². The lowest BCUT2D eigenvalue weighted by Crippen LogP contribution is -2.10. The fraction of sp³-hybridized carbons (Fsp3) is 0. The van der Waals surface area contributed by atoms with Gasteiger partial charge in [-0.15, -0.1) is 0 Å². The minimum Gasteiger partial charge on any atom is -0.456 e. The summed E-state index contributed by atoms with van der Waals surface area (Å²) in [6, 6.07) is 66.1. The molecule has 3 nitrogen and oxygen atoms in total. The Hall–Kier alpha value is -6.84. The molecule has 240 valence electrons. The van der Waals surface area contributed by atoms with Gasteiger partial charge in [-0.05, 0) is 82.4 Å². The van der Waals surface area contributed by atoms with Crippen LogP contribution in [0.25, 0.3) is 77.3 Å². The van der Waals surface area contributed by atoms with Gasteiger partial charge < -0.3 is 13.7 Å². The van der Waals surface area contributed by atoms with Gasteiger partial charge in [-0.2, -0.15) is 0 Å². The third-order valence-electron chi connectivity index (χ3n) is 9.86. The molecule has 0 unspecified atom stereocenters. The van der Waals surface area contributed by atoms with Gasteiger partial charge in [0.15, 0.2) is 0 Å². The molecule has 3 heteroatoms.